The van der Waals surface area contributed by atoms with Crippen molar-refractivity contribution in [3.8, 4) is 0 Å². The van der Waals surface area contributed by atoms with E-state index in [2.05, 4.69) is 0 Å². The van der Waals surface area contributed by atoms with Gasteiger partial charge in [-0.05, 0) is 25.1 Å². The molecule has 2 heterocycles. The summed E-state index contributed by atoms with van der Waals surface area (Å²) in [6, 6.07) is 7.95. The third-order valence-corrected chi connectivity index (χ3v) is 5.93. The van der Waals surface area contributed by atoms with Gasteiger partial charge in [0.1, 0.15) is 11.5 Å². The van der Waals surface area contributed by atoms with E-state index in [0.29, 0.717) is 50.8 Å². The van der Waals surface area contributed by atoms with Crippen LogP contribution < -0.4 is 9.80 Å². The number of piperazine rings is 1. The van der Waals surface area contributed by atoms with Crippen LogP contribution in [0.25, 0.3) is 0 Å². The molecule has 0 aromatic heterocycles. The van der Waals surface area contributed by atoms with E-state index in [1.165, 1.54) is 24.3 Å². The number of carbonyl (C=O) groups excluding carboxylic acids is 1. The zero-order valence-corrected chi connectivity index (χ0v) is 17.7. The summed E-state index contributed by atoms with van der Waals surface area (Å²) in [7, 11) is 0. The van der Waals surface area contributed by atoms with Crippen molar-refractivity contribution in [1.29, 1.82) is 0 Å². The summed E-state index contributed by atoms with van der Waals surface area (Å²) in [4.78, 5) is 29.1. The van der Waals surface area contributed by atoms with Gasteiger partial charge in [-0.3, -0.25) is 14.9 Å². The largest absolute Gasteiger partial charge is 0.378 e. The molecular formula is C22H24F2N4O4. The van der Waals surface area contributed by atoms with Crippen LogP contribution >= 0.6 is 0 Å². The fraction of sp³-hybridized carbons (Fsp3) is 0.409. The Hall–Kier alpha value is -3.27. The smallest absolute Gasteiger partial charge is 0.295 e. The van der Waals surface area contributed by atoms with Crippen LogP contribution in [0.3, 0.4) is 0 Å². The van der Waals surface area contributed by atoms with Gasteiger partial charge in [0.15, 0.2) is 5.82 Å². The Balaban J connectivity index is 1.59. The third-order valence-electron chi connectivity index (χ3n) is 5.93. The van der Waals surface area contributed by atoms with Gasteiger partial charge in [0.05, 0.1) is 35.5 Å². The highest BCUT2D eigenvalue weighted by molar-refractivity contribution is 5.95. The maximum absolute atomic E-state index is 14.7. The molecule has 32 heavy (non-hydrogen) atoms. The molecule has 2 aliphatic heterocycles. The Kier molecular flexibility index (Phi) is 6.22. The van der Waals surface area contributed by atoms with Gasteiger partial charge in [-0.2, -0.15) is 0 Å². The van der Waals surface area contributed by atoms with Gasteiger partial charge in [0, 0.05) is 38.8 Å². The highest BCUT2D eigenvalue weighted by Gasteiger charge is 2.33. The van der Waals surface area contributed by atoms with Gasteiger partial charge in [-0.1, -0.05) is 12.1 Å². The Morgan fingerprint density at radius 2 is 1.75 bits per heavy atom. The van der Waals surface area contributed by atoms with Crippen LogP contribution in [0.4, 0.5) is 25.8 Å². The molecule has 2 saturated heterocycles. The minimum absolute atomic E-state index is 0.00448. The average Bonchev–Trinajstić information content (AvgIpc) is 2.79. The molecule has 0 unspecified atom stereocenters. The Bertz CT molecular complexity index is 1030. The number of amides is 1. The molecule has 0 saturated carbocycles. The number of benzene rings is 2. The molecule has 0 spiro atoms. The zero-order chi connectivity index (χ0) is 22.8. The molecule has 10 heteroatoms. The summed E-state index contributed by atoms with van der Waals surface area (Å²) in [6.07, 6.45) is 0. The van der Waals surface area contributed by atoms with Gasteiger partial charge < -0.3 is 19.4 Å². The summed E-state index contributed by atoms with van der Waals surface area (Å²) < 4.78 is 34.1. The highest BCUT2D eigenvalue weighted by Crippen LogP contribution is 2.36. The van der Waals surface area contributed by atoms with Crippen molar-refractivity contribution in [1.82, 2.24) is 4.90 Å². The first-order chi connectivity index (χ1) is 15.4. The number of nitro groups is 1. The monoisotopic (exact) mass is 446 g/mol. The molecule has 0 bridgehead atoms. The standard InChI is InChI=1S/C22H24F2N4O4/c1-15-14-26(6-7-27(15)22(29)16-4-2-3-5-17(16)23)20-13-19(25-8-10-32-11-9-25)18(24)12-21(20)28(30)31/h2-5,12-13,15H,6-11,14H2,1H3/t15-/m0/s1. The minimum atomic E-state index is -0.649. The first-order valence-electron chi connectivity index (χ1n) is 10.5. The summed E-state index contributed by atoms with van der Waals surface area (Å²) in [5.74, 6) is -1.65. The topological polar surface area (TPSA) is 79.2 Å². The second-order valence-corrected chi connectivity index (χ2v) is 7.92. The van der Waals surface area contributed by atoms with E-state index in [0.717, 1.165) is 6.07 Å². The molecule has 0 radical (unpaired) electrons. The molecular weight excluding hydrogens is 422 g/mol. The average molecular weight is 446 g/mol. The Labute approximate surface area is 184 Å². The summed E-state index contributed by atoms with van der Waals surface area (Å²) in [6.45, 7) is 4.58. The highest BCUT2D eigenvalue weighted by atomic mass is 19.1. The van der Waals surface area contributed by atoms with Gasteiger partial charge in [0.25, 0.3) is 11.6 Å². The third kappa shape index (κ3) is 4.22. The number of hydrogen-bond acceptors (Lipinski definition) is 6. The van der Waals surface area contributed by atoms with Crippen LogP contribution in [0, 0.1) is 21.7 Å². The van der Waals surface area contributed by atoms with Crippen molar-refractivity contribution in [2.45, 2.75) is 13.0 Å². The van der Waals surface area contributed by atoms with E-state index in [1.54, 1.807) is 15.9 Å². The number of carbonyl (C=O) groups is 1. The van der Waals surface area contributed by atoms with Gasteiger partial charge in [-0.15, -0.1) is 0 Å². The van der Waals surface area contributed by atoms with Crippen LogP contribution in [-0.2, 0) is 4.74 Å². The molecule has 0 N–H and O–H groups in total. The molecule has 0 aliphatic carbocycles. The molecule has 8 nitrogen and oxygen atoms in total. The van der Waals surface area contributed by atoms with Gasteiger partial charge in [0.2, 0.25) is 0 Å². The molecule has 2 aromatic carbocycles. The second-order valence-electron chi connectivity index (χ2n) is 7.92. The lowest BCUT2D eigenvalue weighted by Gasteiger charge is -2.41. The molecule has 170 valence electrons. The van der Waals surface area contributed by atoms with Crippen LogP contribution in [0.1, 0.15) is 17.3 Å². The second kappa shape index (κ2) is 9.07. The van der Waals surface area contributed by atoms with E-state index >= 15 is 0 Å². The van der Waals surface area contributed by atoms with Crippen molar-refractivity contribution >= 4 is 23.0 Å². The Morgan fingerprint density at radius 3 is 2.41 bits per heavy atom. The van der Waals surface area contributed by atoms with Crippen molar-refractivity contribution in [2.24, 2.45) is 0 Å². The fourth-order valence-corrected chi connectivity index (χ4v) is 4.25. The number of nitro benzene ring substituents is 1. The minimum Gasteiger partial charge on any atom is -0.378 e. The van der Waals surface area contributed by atoms with Crippen LogP contribution in [-0.4, -0.2) is 67.7 Å². The lowest BCUT2D eigenvalue weighted by molar-refractivity contribution is -0.384. The Morgan fingerprint density at radius 1 is 1.03 bits per heavy atom. The van der Waals surface area contributed by atoms with Gasteiger partial charge in [-0.25, -0.2) is 8.78 Å². The van der Waals surface area contributed by atoms with Gasteiger partial charge >= 0.3 is 0 Å². The molecule has 2 fully saturated rings. The van der Waals surface area contributed by atoms with E-state index in [-0.39, 0.29) is 23.8 Å². The van der Waals surface area contributed by atoms with E-state index < -0.39 is 22.5 Å². The van der Waals surface area contributed by atoms with E-state index in [9.17, 15) is 23.7 Å². The molecule has 1 atom stereocenters. The normalized spacial score (nSPS) is 19.2. The van der Waals surface area contributed by atoms with Crippen LogP contribution in [0.2, 0.25) is 0 Å². The van der Waals surface area contributed by atoms with Crippen molar-refractivity contribution in [2.75, 3.05) is 55.7 Å². The maximum atomic E-state index is 14.7. The van der Waals surface area contributed by atoms with Crippen molar-refractivity contribution < 1.29 is 23.2 Å². The zero-order valence-electron chi connectivity index (χ0n) is 17.7. The SMILES string of the molecule is C[C@H]1CN(c2cc(N3CCOCC3)c(F)cc2[N+](=O)[O-])CCN1C(=O)c1ccccc1F. The predicted octanol–water partition coefficient (Wildman–Crippen LogP) is 3.06. The quantitative estimate of drug-likeness (QED) is 0.531. The number of halogens is 2. The first kappa shape index (κ1) is 21.9. The summed E-state index contributed by atoms with van der Waals surface area (Å²) in [5.41, 5.74) is 0.282. The number of hydrogen-bond donors (Lipinski definition) is 0. The number of rotatable bonds is 4. The lowest BCUT2D eigenvalue weighted by Crippen LogP contribution is -2.54. The molecule has 2 aromatic rings. The van der Waals surface area contributed by atoms with E-state index in [1.807, 2.05) is 11.8 Å². The van der Waals surface area contributed by atoms with Crippen LogP contribution in [0.15, 0.2) is 36.4 Å². The van der Waals surface area contributed by atoms with Crippen molar-refractivity contribution in [3.63, 3.8) is 0 Å². The van der Waals surface area contributed by atoms with Crippen LogP contribution in [0.5, 0.6) is 0 Å². The predicted molar refractivity (Wildman–Crippen MR) is 115 cm³/mol. The maximum Gasteiger partial charge on any atom is 0.295 e. The number of anilines is 2. The van der Waals surface area contributed by atoms with Crippen molar-refractivity contribution in [3.05, 3.63) is 63.7 Å². The fourth-order valence-electron chi connectivity index (χ4n) is 4.25. The molecule has 2 aliphatic rings. The lowest BCUT2D eigenvalue weighted by atomic mass is 10.1. The number of ether oxygens (including phenoxy) is 1. The molecule has 1 amide bonds. The van der Waals surface area contributed by atoms with E-state index in [4.69, 9.17) is 4.74 Å². The molecule has 4 rings (SSSR count). The summed E-state index contributed by atoms with van der Waals surface area (Å²) in [5, 5.41) is 11.7. The number of nitrogens with zero attached hydrogens (tertiary/aromatic N) is 4. The first-order valence-corrected chi connectivity index (χ1v) is 10.5. The number of morpholine rings is 1. The summed E-state index contributed by atoms with van der Waals surface area (Å²) >= 11 is 0.